The predicted molar refractivity (Wildman–Crippen MR) is 63.9 cm³/mol. The molecule has 1 aromatic rings. The summed E-state index contributed by atoms with van der Waals surface area (Å²) in [5.41, 5.74) is 0.998. The summed E-state index contributed by atoms with van der Waals surface area (Å²) in [6.07, 6.45) is 12.7. The standard InChI is InChI=1S/C12H16N4/c1-2-5-16-6-3-11(4-7-16)15-12-8-13-10-14-9-12/h1,8-11,15H,3-7H2. The monoisotopic (exact) mass is 216 g/mol. The maximum Gasteiger partial charge on any atom is 0.115 e. The first-order valence-electron chi connectivity index (χ1n) is 5.56. The normalized spacial score (nSPS) is 17.9. The van der Waals surface area contributed by atoms with Gasteiger partial charge in [0.15, 0.2) is 0 Å². The van der Waals surface area contributed by atoms with Crippen molar-refractivity contribution in [3.05, 3.63) is 18.7 Å². The topological polar surface area (TPSA) is 41.0 Å². The number of hydrogen-bond acceptors (Lipinski definition) is 4. The van der Waals surface area contributed by atoms with Crippen LogP contribution in [0.25, 0.3) is 0 Å². The summed E-state index contributed by atoms with van der Waals surface area (Å²) in [4.78, 5) is 10.3. The molecule has 2 heterocycles. The van der Waals surface area contributed by atoms with E-state index in [1.807, 2.05) is 0 Å². The number of anilines is 1. The molecule has 0 spiro atoms. The van der Waals surface area contributed by atoms with Crippen LogP contribution in [0.3, 0.4) is 0 Å². The average Bonchev–Trinajstić information content (AvgIpc) is 2.33. The molecule has 4 heteroatoms. The predicted octanol–water partition coefficient (Wildman–Crippen LogP) is 0.986. The van der Waals surface area contributed by atoms with E-state index in [1.54, 1.807) is 18.7 Å². The van der Waals surface area contributed by atoms with Gasteiger partial charge in [0, 0.05) is 19.1 Å². The highest BCUT2D eigenvalue weighted by Crippen LogP contribution is 2.14. The number of nitrogens with zero attached hydrogens (tertiary/aromatic N) is 3. The third-order valence-electron chi connectivity index (χ3n) is 2.83. The van der Waals surface area contributed by atoms with Crippen molar-refractivity contribution in [1.29, 1.82) is 0 Å². The Kier molecular flexibility index (Phi) is 3.73. The summed E-state index contributed by atoms with van der Waals surface area (Å²) in [6.45, 7) is 2.90. The van der Waals surface area contributed by atoms with E-state index in [0.717, 1.165) is 38.2 Å². The number of terminal acetylenes is 1. The van der Waals surface area contributed by atoms with Crippen molar-refractivity contribution in [2.75, 3.05) is 25.0 Å². The molecule has 0 aromatic carbocycles. The van der Waals surface area contributed by atoms with E-state index < -0.39 is 0 Å². The summed E-state index contributed by atoms with van der Waals surface area (Å²) in [7, 11) is 0. The fourth-order valence-corrected chi connectivity index (χ4v) is 1.97. The van der Waals surface area contributed by atoms with Gasteiger partial charge in [0.2, 0.25) is 0 Å². The Labute approximate surface area is 96.1 Å². The lowest BCUT2D eigenvalue weighted by atomic mass is 10.1. The van der Waals surface area contributed by atoms with E-state index in [0.29, 0.717) is 6.04 Å². The minimum absolute atomic E-state index is 0.514. The van der Waals surface area contributed by atoms with Gasteiger partial charge in [-0.25, -0.2) is 9.97 Å². The Morgan fingerprint density at radius 2 is 2.06 bits per heavy atom. The van der Waals surface area contributed by atoms with Gasteiger partial charge in [-0.1, -0.05) is 5.92 Å². The minimum atomic E-state index is 0.514. The quantitative estimate of drug-likeness (QED) is 0.765. The molecule has 1 saturated heterocycles. The fraction of sp³-hybridized carbons (Fsp3) is 0.500. The smallest absolute Gasteiger partial charge is 0.115 e. The molecule has 0 aliphatic carbocycles. The number of aromatic nitrogens is 2. The van der Waals surface area contributed by atoms with Gasteiger partial charge < -0.3 is 5.32 Å². The molecule has 0 unspecified atom stereocenters. The molecule has 1 N–H and O–H groups in total. The lowest BCUT2D eigenvalue weighted by Crippen LogP contribution is -2.39. The third-order valence-corrected chi connectivity index (χ3v) is 2.83. The first kappa shape index (κ1) is 10.9. The molecule has 16 heavy (non-hydrogen) atoms. The lowest BCUT2D eigenvalue weighted by molar-refractivity contribution is 0.243. The van der Waals surface area contributed by atoms with Gasteiger partial charge in [-0.3, -0.25) is 4.90 Å². The fourth-order valence-electron chi connectivity index (χ4n) is 1.97. The molecule has 0 amide bonds. The average molecular weight is 216 g/mol. The number of hydrogen-bond donors (Lipinski definition) is 1. The molecule has 1 aliphatic heterocycles. The molecular weight excluding hydrogens is 200 g/mol. The molecule has 0 bridgehead atoms. The van der Waals surface area contributed by atoms with E-state index in [1.165, 1.54) is 0 Å². The Morgan fingerprint density at radius 1 is 1.38 bits per heavy atom. The summed E-state index contributed by atoms with van der Waals surface area (Å²) < 4.78 is 0. The molecule has 2 rings (SSSR count). The van der Waals surface area contributed by atoms with Gasteiger partial charge in [-0.15, -0.1) is 6.42 Å². The molecular formula is C12H16N4. The van der Waals surface area contributed by atoms with Crippen LogP contribution in [-0.2, 0) is 0 Å². The van der Waals surface area contributed by atoms with E-state index in [-0.39, 0.29) is 0 Å². The van der Waals surface area contributed by atoms with Crippen molar-refractivity contribution < 1.29 is 0 Å². The van der Waals surface area contributed by atoms with Crippen LogP contribution in [0.4, 0.5) is 5.69 Å². The van der Waals surface area contributed by atoms with Crippen LogP contribution in [-0.4, -0.2) is 40.5 Å². The largest absolute Gasteiger partial charge is 0.380 e. The highest BCUT2D eigenvalue weighted by Gasteiger charge is 2.18. The zero-order valence-electron chi connectivity index (χ0n) is 9.26. The maximum atomic E-state index is 5.29. The molecule has 4 nitrogen and oxygen atoms in total. The van der Waals surface area contributed by atoms with Crippen molar-refractivity contribution in [2.24, 2.45) is 0 Å². The second kappa shape index (κ2) is 5.47. The van der Waals surface area contributed by atoms with Crippen molar-refractivity contribution in [3.63, 3.8) is 0 Å². The van der Waals surface area contributed by atoms with Gasteiger partial charge in [0.25, 0.3) is 0 Å². The highest BCUT2D eigenvalue weighted by atomic mass is 15.1. The second-order valence-electron chi connectivity index (χ2n) is 4.03. The number of likely N-dealkylation sites (tertiary alicyclic amines) is 1. The third kappa shape index (κ3) is 2.94. The van der Waals surface area contributed by atoms with Crippen LogP contribution in [0.2, 0.25) is 0 Å². The first-order chi connectivity index (χ1) is 7.88. The summed E-state index contributed by atoms with van der Waals surface area (Å²) in [5.74, 6) is 2.69. The Bertz CT molecular complexity index is 349. The van der Waals surface area contributed by atoms with Crippen molar-refractivity contribution in [1.82, 2.24) is 14.9 Å². The Balaban J connectivity index is 1.80. The van der Waals surface area contributed by atoms with Crippen LogP contribution < -0.4 is 5.32 Å². The zero-order valence-corrected chi connectivity index (χ0v) is 9.26. The second-order valence-corrected chi connectivity index (χ2v) is 4.03. The Hall–Kier alpha value is -1.60. The van der Waals surface area contributed by atoms with E-state index in [4.69, 9.17) is 6.42 Å². The SMILES string of the molecule is C#CCN1CCC(Nc2cncnc2)CC1. The molecule has 0 saturated carbocycles. The number of nitrogens with one attached hydrogen (secondary N) is 1. The molecule has 1 aliphatic rings. The van der Waals surface area contributed by atoms with Crippen LogP contribution in [0, 0.1) is 12.3 Å². The van der Waals surface area contributed by atoms with Gasteiger partial charge in [-0.2, -0.15) is 0 Å². The molecule has 0 atom stereocenters. The maximum absolute atomic E-state index is 5.29. The van der Waals surface area contributed by atoms with E-state index in [2.05, 4.69) is 26.1 Å². The van der Waals surface area contributed by atoms with Gasteiger partial charge in [0.05, 0.1) is 24.6 Å². The van der Waals surface area contributed by atoms with Crippen molar-refractivity contribution >= 4 is 5.69 Å². The van der Waals surface area contributed by atoms with Gasteiger partial charge >= 0.3 is 0 Å². The van der Waals surface area contributed by atoms with E-state index in [9.17, 15) is 0 Å². The summed E-state index contributed by atoms with van der Waals surface area (Å²) in [6, 6.07) is 0.514. The van der Waals surface area contributed by atoms with Crippen molar-refractivity contribution in [2.45, 2.75) is 18.9 Å². The molecule has 84 valence electrons. The first-order valence-corrected chi connectivity index (χ1v) is 5.56. The molecule has 1 fully saturated rings. The Morgan fingerprint density at radius 3 is 2.69 bits per heavy atom. The zero-order chi connectivity index (χ0) is 11.2. The summed E-state index contributed by atoms with van der Waals surface area (Å²) in [5, 5.41) is 3.44. The van der Waals surface area contributed by atoms with Gasteiger partial charge in [0.1, 0.15) is 6.33 Å². The van der Waals surface area contributed by atoms with Gasteiger partial charge in [-0.05, 0) is 12.8 Å². The summed E-state index contributed by atoms with van der Waals surface area (Å²) >= 11 is 0. The minimum Gasteiger partial charge on any atom is -0.380 e. The number of rotatable bonds is 3. The van der Waals surface area contributed by atoms with E-state index >= 15 is 0 Å². The van der Waals surface area contributed by atoms with Crippen molar-refractivity contribution in [3.8, 4) is 12.3 Å². The number of piperidine rings is 1. The van der Waals surface area contributed by atoms with Crippen LogP contribution in [0.15, 0.2) is 18.7 Å². The van der Waals surface area contributed by atoms with Crippen LogP contribution >= 0.6 is 0 Å². The highest BCUT2D eigenvalue weighted by molar-refractivity contribution is 5.38. The molecule has 1 aromatic heterocycles. The van der Waals surface area contributed by atoms with Crippen LogP contribution in [0.5, 0.6) is 0 Å². The van der Waals surface area contributed by atoms with Crippen LogP contribution in [0.1, 0.15) is 12.8 Å². The lowest BCUT2D eigenvalue weighted by Gasteiger charge is -2.31. The molecule has 0 radical (unpaired) electrons.